The molecule has 7 heteroatoms. The molecule has 0 N–H and O–H groups in total. The molecule has 0 atom stereocenters. The molecule has 4 aromatic rings. The van der Waals surface area contributed by atoms with Crippen LogP contribution in [0, 0.1) is 0 Å². The van der Waals surface area contributed by atoms with Gasteiger partial charge in [0.1, 0.15) is 23.1 Å². The summed E-state index contributed by atoms with van der Waals surface area (Å²) in [6, 6.07) is 17.7. The highest BCUT2D eigenvalue weighted by Gasteiger charge is 2.14. The lowest BCUT2D eigenvalue weighted by atomic mass is 10.1. The molecule has 2 heterocycles. The fourth-order valence-electron chi connectivity index (χ4n) is 3.07. The van der Waals surface area contributed by atoms with Crippen LogP contribution in [0.2, 0.25) is 0 Å². The predicted octanol–water partition coefficient (Wildman–Crippen LogP) is 6.69. The van der Waals surface area contributed by atoms with Crippen LogP contribution in [-0.2, 0) is 11.3 Å². The number of benzene rings is 2. The van der Waals surface area contributed by atoms with Gasteiger partial charge in [-0.2, -0.15) is 0 Å². The lowest BCUT2D eigenvalue weighted by Crippen LogP contribution is -2.05. The van der Waals surface area contributed by atoms with Crippen LogP contribution in [0.5, 0.6) is 11.5 Å². The molecule has 0 saturated carbocycles. The Morgan fingerprint density at radius 3 is 2.09 bits per heavy atom. The van der Waals surface area contributed by atoms with E-state index in [1.807, 2.05) is 73.8 Å². The summed E-state index contributed by atoms with van der Waals surface area (Å²) in [7, 11) is 0. The van der Waals surface area contributed by atoms with E-state index in [4.69, 9.17) is 14.2 Å². The minimum absolute atomic E-state index is 0.211. The third-order valence-corrected chi connectivity index (χ3v) is 6.52. The molecule has 2 aromatic heterocycles. The van der Waals surface area contributed by atoms with Gasteiger partial charge >= 0.3 is 5.97 Å². The van der Waals surface area contributed by atoms with E-state index in [1.54, 1.807) is 16.7 Å². The molecule has 0 fully saturated rings. The molecule has 4 rings (SSSR count). The minimum Gasteiger partial charge on any atom is -0.494 e. The highest BCUT2D eigenvalue weighted by atomic mass is 32.1. The number of esters is 1. The van der Waals surface area contributed by atoms with Gasteiger partial charge in [0, 0.05) is 21.4 Å². The van der Waals surface area contributed by atoms with Gasteiger partial charge in [-0.15, -0.1) is 22.7 Å². The van der Waals surface area contributed by atoms with Gasteiger partial charge in [-0.25, -0.2) is 9.78 Å². The van der Waals surface area contributed by atoms with Gasteiger partial charge in [0.25, 0.3) is 0 Å². The number of rotatable bonds is 9. The Kier molecular flexibility index (Phi) is 7.19. The molecule has 164 valence electrons. The van der Waals surface area contributed by atoms with Gasteiger partial charge in [-0.3, -0.25) is 0 Å². The molecule has 0 radical (unpaired) electrons. The molecule has 0 bridgehead atoms. The first kappa shape index (κ1) is 22.0. The molecule has 0 aliphatic rings. The Morgan fingerprint density at radius 2 is 1.47 bits per heavy atom. The first-order valence-corrected chi connectivity index (χ1v) is 12.1. The van der Waals surface area contributed by atoms with E-state index in [-0.39, 0.29) is 6.61 Å². The van der Waals surface area contributed by atoms with Crippen molar-refractivity contribution in [2.75, 3.05) is 13.2 Å². The summed E-state index contributed by atoms with van der Waals surface area (Å²) in [5.74, 6) is 1.25. The SMILES string of the molecule is CCOc1ccc(-c2cc(COC(=O)c3csc(-c4ccc(OCC)cc4)n3)cs2)cc1. The summed E-state index contributed by atoms with van der Waals surface area (Å²) in [6.07, 6.45) is 0. The molecule has 0 aliphatic heterocycles. The van der Waals surface area contributed by atoms with E-state index in [2.05, 4.69) is 4.98 Å². The van der Waals surface area contributed by atoms with Crippen LogP contribution in [0.4, 0.5) is 0 Å². The van der Waals surface area contributed by atoms with Crippen LogP contribution >= 0.6 is 22.7 Å². The normalized spacial score (nSPS) is 10.7. The minimum atomic E-state index is -0.424. The van der Waals surface area contributed by atoms with Crippen LogP contribution in [0.25, 0.3) is 21.0 Å². The van der Waals surface area contributed by atoms with Crippen molar-refractivity contribution in [3.8, 4) is 32.5 Å². The Hall–Kier alpha value is -3.16. The third-order valence-electron chi connectivity index (χ3n) is 4.60. The Balaban J connectivity index is 1.35. The predicted molar refractivity (Wildman–Crippen MR) is 129 cm³/mol. The molecular weight excluding hydrogens is 442 g/mol. The van der Waals surface area contributed by atoms with Crippen LogP contribution in [-0.4, -0.2) is 24.2 Å². The lowest BCUT2D eigenvalue weighted by Gasteiger charge is -2.03. The summed E-state index contributed by atoms with van der Waals surface area (Å²) in [5, 5.41) is 4.51. The second-order valence-corrected chi connectivity index (χ2v) is 8.62. The number of thiophene rings is 1. The van der Waals surface area contributed by atoms with Crippen molar-refractivity contribution in [3.63, 3.8) is 0 Å². The van der Waals surface area contributed by atoms with Crippen molar-refractivity contribution in [3.05, 3.63) is 76.6 Å². The summed E-state index contributed by atoms with van der Waals surface area (Å²) >= 11 is 3.04. The maximum atomic E-state index is 12.5. The zero-order valence-corrected chi connectivity index (χ0v) is 19.5. The number of aromatic nitrogens is 1. The van der Waals surface area contributed by atoms with E-state index in [9.17, 15) is 4.79 Å². The number of hydrogen-bond acceptors (Lipinski definition) is 7. The second-order valence-electron chi connectivity index (χ2n) is 6.85. The van der Waals surface area contributed by atoms with Crippen molar-refractivity contribution >= 4 is 28.6 Å². The molecule has 0 saturated heterocycles. The van der Waals surface area contributed by atoms with Crippen LogP contribution < -0.4 is 9.47 Å². The first-order chi connectivity index (χ1) is 15.7. The van der Waals surface area contributed by atoms with Crippen LogP contribution in [0.15, 0.2) is 65.4 Å². The summed E-state index contributed by atoms with van der Waals surface area (Å²) < 4.78 is 16.4. The topological polar surface area (TPSA) is 57.7 Å². The van der Waals surface area contributed by atoms with E-state index >= 15 is 0 Å². The van der Waals surface area contributed by atoms with E-state index in [0.29, 0.717) is 18.9 Å². The highest BCUT2D eigenvalue weighted by molar-refractivity contribution is 7.13. The number of carbonyl (C=O) groups excluding carboxylic acids is 1. The van der Waals surface area contributed by atoms with Gasteiger partial charge in [-0.1, -0.05) is 0 Å². The number of carbonyl (C=O) groups is 1. The average Bonchev–Trinajstić information content (AvgIpc) is 3.49. The van der Waals surface area contributed by atoms with Gasteiger partial charge in [-0.05, 0) is 79.4 Å². The maximum Gasteiger partial charge on any atom is 0.358 e. The van der Waals surface area contributed by atoms with Gasteiger partial charge in [0.05, 0.1) is 13.2 Å². The van der Waals surface area contributed by atoms with E-state index < -0.39 is 5.97 Å². The highest BCUT2D eigenvalue weighted by Crippen LogP contribution is 2.30. The lowest BCUT2D eigenvalue weighted by molar-refractivity contribution is 0.0467. The monoisotopic (exact) mass is 465 g/mol. The van der Waals surface area contributed by atoms with Gasteiger partial charge < -0.3 is 14.2 Å². The summed E-state index contributed by atoms with van der Waals surface area (Å²) in [4.78, 5) is 18.0. The molecular formula is C25H23NO4S2. The zero-order chi connectivity index (χ0) is 22.3. The largest absolute Gasteiger partial charge is 0.494 e. The second kappa shape index (κ2) is 10.4. The molecule has 5 nitrogen and oxygen atoms in total. The fourth-order valence-corrected chi connectivity index (χ4v) is 4.77. The third kappa shape index (κ3) is 5.36. The van der Waals surface area contributed by atoms with Gasteiger partial charge in [0.15, 0.2) is 5.69 Å². The average molecular weight is 466 g/mol. The number of thiazole rings is 1. The Labute approximate surface area is 195 Å². The molecule has 2 aromatic carbocycles. The number of nitrogens with zero attached hydrogens (tertiary/aromatic N) is 1. The maximum absolute atomic E-state index is 12.5. The molecule has 32 heavy (non-hydrogen) atoms. The van der Waals surface area contributed by atoms with E-state index in [0.717, 1.165) is 38.1 Å². The molecule has 0 spiro atoms. The smallest absolute Gasteiger partial charge is 0.358 e. The number of ether oxygens (including phenoxy) is 3. The Morgan fingerprint density at radius 1 is 0.844 bits per heavy atom. The fraction of sp³-hybridized carbons (Fsp3) is 0.200. The van der Waals surface area contributed by atoms with Gasteiger partial charge in [0.2, 0.25) is 0 Å². The van der Waals surface area contributed by atoms with Crippen molar-refractivity contribution in [1.82, 2.24) is 4.98 Å². The molecule has 0 unspecified atom stereocenters. The number of hydrogen-bond donors (Lipinski definition) is 0. The molecule has 0 aliphatic carbocycles. The van der Waals surface area contributed by atoms with Crippen LogP contribution in [0.3, 0.4) is 0 Å². The molecule has 0 amide bonds. The quantitative estimate of drug-likeness (QED) is 0.258. The standard InChI is InChI=1S/C25H23NO4S2/c1-3-28-20-9-5-18(6-10-20)23-13-17(15-31-23)14-30-25(27)22-16-32-24(26-22)19-7-11-21(12-8-19)29-4-2/h5-13,15-16H,3-4,14H2,1-2H3. The van der Waals surface area contributed by atoms with Crippen molar-refractivity contribution in [2.45, 2.75) is 20.5 Å². The van der Waals surface area contributed by atoms with Crippen molar-refractivity contribution in [2.24, 2.45) is 0 Å². The van der Waals surface area contributed by atoms with Crippen LogP contribution in [0.1, 0.15) is 29.9 Å². The van der Waals surface area contributed by atoms with Crippen molar-refractivity contribution < 1.29 is 19.0 Å². The summed E-state index contributed by atoms with van der Waals surface area (Å²) in [5.41, 5.74) is 3.32. The first-order valence-electron chi connectivity index (χ1n) is 10.3. The zero-order valence-electron chi connectivity index (χ0n) is 17.9. The summed E-state index contributed by atoms with van der Waals surface area (Å²) in [6.45, 7) is 5.40. The van der Waals surface area contributed by atoms with Crippen molar-refractivity contribution in [1.29, 1.82) is 0 Å². The Bertz CT molecular complexity index is 1160. The van der Waals surface area contributed by atoms with E-state index in [1.165, 1.54) is 11.3 Å².